The van der Waals surface area contributed by atoms with Crippen molar-refractivity contribution < 1.29 is 4.74 Å². The largest absolute Gasteiger partial charge is 0.372 e. The second-order valence-corrected chi connectivity index (χ2v) is 10.2. The topological polar surface area (TPSA) is 24.5 Å². The van der Waals surface area contributed by atoms with Crippen molar-refractivity contribution in [3.8, 4) is 0 Å². The molecular weight excluding hydrogens is 460 g/mol. The third-order valence-corrected chi connectivity index (χ3v) is 7.20. The molecule has 0 radical (unpaired) electrons. The Bertz CT molecular complexity index is 762. The molecule has 0 amide bonds. The highest BCUT2D eigenvalue weighted by Gasteiger charge is 2.25. The fourth-order valence-electron chi connectivity index (χ4n) is 4.52. The molecular formula is C25H36BrClN2O. The molecule has 3 unspecified atom stereocenters. The van der Waals surface area contributed by atoms with Crippen LogP contribution in [0.15, 0.2) is 40.4 Å². The number of likely N-dealkylation sites (N-methyl/N-ethyl adjacent to an activating group) is 1. The number of ether oxygens (including phenoxy) is 1. The summed E-state index contributed by atoms with van der Waals surface area (Å²) in [5, 5.41) is 4.68. The lowest BCUT2D eigenvalue weighted by Gasteiger charge is -2.27. The summed E-state index contributed by atoms with van der Waals surface area (Å²) in [6.45, 7) is 5.15. The van der Waals surface area contributed by atoms with Crippen LogP contribution in [0.5, 0.6) is 0 Å². The molecule has 1 aliphatic carbocycles. The maximum absolute atomic E-state index is 6.73. The van der Waals surface area contributed by atoms with Crippen molar-refractivity contribution in [2.24, 2.45) is 5.92 Å². The lowest BCUT2D eigenvalue weighted by Crippen LogP contribution is -2.27. The molecule has 0 bridgehead atoms. The lowest BCUT2D eigenvalue weighted by atomic mass is 9.86. The summed E-state index contributed by atoms with van der Waals surface area (Å²) in [7, 11) is 4.16. The van der Waals surface area contributed by atoms with Crippen LogP contribution in [0.25, 0.3) is 0 Å². The normalized spacial score (nSPS) is 25.1. The summed E-state index contributed by atoms with van der Waals surface area (Å²) in [5.41, 5.74) is 4.04. The summed E-state index contributed by atoms with van der Waals surface area (Å²) in [6, 6.07) is 6.81. The molecule has 1 heterocycles. The van der Waals surface area contributed by atoms with Gasteiger partial charge in [0.25, 0.3) is 0 Å². The molecule has 1 aromatic carbocycles. The van der Waals surface area contributed by atoms with Crippen molar-refractivity contribution in [3.05, 3.63) is 56.6 Å². The molecule has 5 heteroatoms. The van der Waals surface area contributed by atoms with Gasteiger partial charge < -0.3 is 15.0 Å². The molecule has 1 saturated heterocycles. The Labute approximate surface area is 196 Å². The van der Waals surface area contributed by atoms with Crippen LogP contribution in [0.4, 0.5) is 0 Å². The van der Waals surface area contributed by atoms with Gasteiger partial charge in [0, 0.05) is 22.1 Å². The Kier molecular flexibility index (Phi) is 9.46. The first kappa shape index (κ1) is 24.0. The highest BCUT2D eigenvalue weighted by Crippen LogP contribution is 2.35. The maximum atomic E-state index is 6.73. The first-order chi connectivity index (χ1) is 14.5. The van der Waals surface area contributed by atoms with Gasteiger partial charge in [-0.3, -0.25) is 0 Å². The van der Waals surface area contributed by atoms with Crippen molar-refractivity contribution >= 4 is 27.5 Å². The van der Waals surface area contributed by atoms with Crippen LogP contribution in [0, 0.1) is 5.92 Å². The van der Waals surface area contributed by atoms with Gasteiger partial charge in [0.1, 0.15) is 0 Å². The van der Waals surface area contributed by atoms with Gasteiger partial charge in [-0.15, -0.1) is 0 Å². The maximum Gasteiger partial charge on any atom is 0.0824 e. The summed E-state index contributed by atoms with van der Waals surface area (Å²) in [4.78, 5) is 2.16. The Morgan fingerprint density at radius 3 is 2.87 bits per heavy atom. The van der Waals surface area contributed by atoms with Gasteiger partial charge >= 0.3 is 0 Å². The van der Waals surface area contributed by atoms with Gasteiger partial charge in [-0.1, -0.05) is 59.1 Å². The van der Waals surface area contributed by atoms with Crippen LogP contribution in [0.1, 0.15) is 56.2 Å². The number of benzene rings is 1. The second kappa shape index (κ2) is 11.8. The Morgan fingerprint density at radius 2 is 2.07 bits per heavy atom. The summed E-state index contributed by atoms with van der Waals surface area (Å²) >= 11 is 10.4. The van der Waals surface area contributed by atoms with E-state index in [0.29, 0.717) is 12.0 Å². The van der Waals surface area contributed by atoms with Crippen molar-refractivity contribution in [2.75, 3.05) is 33.8 Å². The number of rotatable bonds is 8. The minimum Gasteiger partial charge on any atom is -0.372 e. The number of halogens is 2. The zero-order valence-corrected chi connectivity index (χ0v) is 20.9. The van der Waals surface area contributed by atoms with Gasteiger partial charge in [-0.2, -0.15) is 0 Å². The van der Waals surface area contributed by atoms with E-state index in [2.05, 4.69) is 71.5 Å². The number of allylic oxidation sites excluding steroid dienone is 2. The van der Waals surface area contributed by atoms with E-state index in [9.17, 15) is 0 Å². The van der Waals surface area contributed by atoms with E-state index in [-0.39, 0.29) is 6.10 Å². The van der Waals surface area contributed by atoms with Gasteiger partial charge in [0.05, 0.1) is 12.7 Å². The average Bonchev–Trinajstić information content (AvgIpc) is 2.92. The summed E-state index contributed by atoms with van der Waals surface area (Å²) < 4.78 is 7.39. The second-order valence-electron chi connectivity index (χ2n) is 8.92. The van der Waals surface area contributed by atoms with Gasteiger partial charge in [-0.05, 0) is 87.5 Å². The molecule has 2 aliphatic rings. The van der Waals surface area contributed by atoms with Crippen LogP contribution in [0.3, 0.4) is 0 Å². The lowest BCUT2D eigenvalue weighted by molar-refractivity contribution is 0.0655. The van der Waals surface area contributed by atoms with E-state index in [1.54, 1.807) is 0 Å². The fourth-order valence-corrected chi connectivity index (χ4v) is 5.28. The summed E-state index contributed by atoms with van der Waals surface area (Å²) in [6.07, 6.45) is 11.3. The number of hydrogen-bond acceptors (Lipinski definition) is 3. The Balaban J connectivity index is 1.74. The van der Waals surface area contributed by atoms with Crippen molar-refractivity contribution in [1.82, 2.24) is 10.2 Å². The highest BCUT2D eigenvalue weighted by molar-refractivity contribution is 9.11. The first-order valence-electron chi connectivity index (χ1n) is 11.3. The molecule has 0 aromatic heterocycles. The standard InChI is InChI=1S/C25H36BrClN2O/c1-18-7-4-5-14-28-25(18)22-8-6-9-23(27)21(22)12-10-19-17-20(26)11-13-24(19)30-16-15-29(2)3/h6,8-9,11,17-18,24-25,28H,4-5,7,10,12-16H2,1-3H3. The van der Waals surface area contributed by atoms with Gasteiger partial charge in [0.2, 0.25) is 0 Å². The number of nitrogens with one attached hydrogen (secondary N) is 1. The quantitative estimate of drug-likeness (QED) is 0.459. The van der Waals surface area contributed by atoms with Gasteiger partial charge in [-0.25, -0.2) is 0 Å². The molecule has 3 atom stereocenters. The molecule has 166 valence electrons. The third kappa shape index (κ3) is 6.67. The molecule has 1 N–H and O–H groups in total. The minimum absolute atomic E-state index is 0.159. The van der Waals surface area contributed by atoms with Crippen LogP contribution >= 0.6 is 27.5 Å². The van der Waals surface area contributed by atoms with E-state index < -0.39 is 0 Å². The van der Waals surface area contributed by atoms with Crippen molar-refractivity contribution in [2.45, 2.75) is 57.6 Å². The Hall–Kier alpha value is -0.650. The highest BCUT2D eigenvalue weighted by atomic mass is 79.9. The van der Waals surface area contributed by atoms with Crippen LogP contribution < -0.4 is 5.32 Å². The number of nitrogens with zero attached hydrogens (tertiary/aromatic N) is 1. The van der Waals surface area contributed by atoms with Crippen molar-refractivity contribution in [3.63, 3.8) is 0 Å². The Morgan fingerprint density at radius 1 is 1.23 bits per heavy atom. The van der Waals surface area contributed by atoms with Gasteiger partial charge in [0.15, 0.2) is 0 Å². The van der Waals surface area contributed by atoms with Crippen LogP contribution in [-0.2, 0) is 11.2 Å². The smallest absolute Gasteiger partial charge is 0.0824 e. The molecule has 0 saturated carbocycles. The van der Waals surface area contributed by atoms with E-state index in [4.69, 9.17) is 16.3 Å². The molecule has 1 fully saturated rings. The van der Waals surface area contributed by atoms with E-state index in [1.807, 2.05) is 6.07 Å². The monoisotopic (exact) mass is 494 g/mol. The minimum atomic E-state index is 0.159. The molecule has 1 aromatic rings. The zero-order valence-electron chi connectivity index (χ0n) is 18.6. The van der Waals surface area contributed by atoms with Crippen LogP contribution in [-0.4, -0.2) is 44.8 Å². The predicted octanol–water partition coefficient (Wildman–Crippen LogP) is 6.28. The van der Waals surface area contributed by atoms with E-state index >= 15 is 0 Å². The molecule has 30 heavy (non-hydrogen) atoms. The molecule has 0 spiro atoms. The van der Waals surface area contributed by atoms with Crippen molar-refractivity contribution in [1.29, 1.82) is 0 Å². The molecule has 3 rings (SSSR count). The molecule has 3 nitrogen and oxygen atoms in total. The average molecular weight is 496 g/mol. The van der Waals surface area contributed by atoms with E-state index in [0.717, 1.165) is 48.5 Å². The first-order valence-corrected chi connectivity index (χ1v) is 12.5. The van der Waals surface area contributed by atoms with Crippen LogP contribution in [0.2, 0.25) is 5.02 Å². The SMILES string of the molecule is CC1CCCCNC1c1cccc(Cl)c1CCC1=CC(Br)=CCC1OCCN(C)C. The predicted molar refractivity (Wildman–Crippen MR) is 132 cm³/mol. The molecule has 1 aliphatic heterocycles. The zero-order chi connectivity index (χ0) is 21.5. The summed E-state index contributed by atoms with van der Waals surface area (Å²) in [5.74, 6) is 0.623. The number of hydrogen-bond donors (Lipinski definition) is 1. The fraction of sp³-hybridized carbons (Fsp3) is 0.600. The van der Waals surface area contributed by atoms with E-state index in [1.165, 1.54) is 36.0 Å². The third-order valence-electron chi connectivity index (χ3n) is 6.29.